The lowest BCUT2D eigenvalue weighted by atomic mass is 10.0. The fourth-order valence-corrected chi connectivity index (χ4v) is 4.32. The first kappa shape index (κ1) is 15.2. The third kappa shape index (κ3) is 5.02. The van der Waals surface area contributed by atoms with Gasteiger partial charge >= 0.3 is 0 Å². The molecule has 2 aliphatic heterocycles. The minimum atomic E-state index is -3.16. The van der Waals surface area contributed by atoms with E-state index in [2.05, 4.69) is 10.0 Å². The fourth-order valence-electron chi connectivity index (χ4n) is 2.85. The summed E-state index contributed by atoms with van der Waals surface area (Å²) in [6.45, 7) is 4.39. The molecular weight excluding hydrogens is 264 g/mol. The molecule has 0 radical (unpaired) electrons. The Morgan fingerprint density at radius 2 is 2.21 bits per heavy atom. The van der Waals surface area contributed by atoms with Crippen LogP contribution in [0.5, 0.6) is 0 Å². The Labute approximate surface area is 116 Å². The van der Waals surface area contributed by atoms with Crippen LogP contribution in [0.4, 0.5) is 0 Å². The molecular formula is C13H26N2O3S. The smallest absolute Gasteiger partial charge is 0.211 e. The molecule has 2 saturated heterocycles. The molecule has 0 aromatic rings. The zero-order chi connectivity index (χ0) is 13.7. The van der Waals surface area contributed by atoms with Crippen molar-refractivity contribution in [3.8, 4) is 0 Å². The highest BCUT2D eigenvalue weighted by atomic mass is 32.2. The fraction of sp³-hybridized carbons (Fsp3) is 1.00. The van der Waals surface area contributed by atoms with E-state index in [1.54, 1.807) is 0 Å². The van der Waals surface area contributed by atoms with E-state index in [0.29, 0.717) is 25.0 Å². The number of ether oxygens (including phenoxy) is 1. The highest BCUT2D eigenvalue weighted by Gasteiger charge is 2.26. The highest BCUT2D eigenvalue weighted by Crippen LogP contribution is 2.17. The molecule has 3 unspecified atom stereocenters. The lowest BCUT2D eigenvalue weighted by molar-refractivity contribution is 0.180. The summed E-state index contributed by atoms with van der Waals surface area (Å²) in [4.78, 5) is 0. The van der Waals surface area contributed by atoms with Crippen molar-refractivity contribution in [2.45, 2.75) is 51.1 Å². The minimum Gasteiger partial charge on any atom is -0.381 e. The molecule has 0 aromatic heterocycles. The van der Waals surface area contributed by atoms with Gasteiger partial charge in [0.05, 0.1) is 12.4 Å². The number of hydrogen-bond donors (Lipinski definition) is 2. The number of hydrogen-bond acceptors (Lipinski definition) is 4. The first-order valence-electron chi connectivity index (χ1n) is 7.38. The Hall–Kier alpha value is -0.170. The number of piperidine rings is 1. The van der Waals surface area contributed by atoms with Crippen LogP contribution in [-0.2, 0) is 14.8 Å². The van der Waals surface area contributed by atoms with Crippen molar-refractivity contribution >= 4 is 10.0 Å². The van der Waals surface area contributed by atoms with Gasteiger partial charge in [-0.15, -0.1) is 0 Å². The second-order valence-corrected chi connectivity index (χ2v) is 7.66. The Morgan fingerprint density at radius 3 is 2.84 bits per heavy atom. The first-order chi connectivity index (χ1) is 9.07. The summed E-state index contributed by atoms with van der Waals surface area (Å²) in [5.74, 6) is 0.547. The Bertz CT molecular complexity index is 360. The largest absolute Gasteiger partial charge is 0.381 e. The summed E-state index contributed by atoms with van der Waals surface area (Å²) in [6.07, 6.45) is 5.18. The summed E-state index contributed by atoms with van der Waals surface area (Å²) in [5, 5.41) is 3.39. The van der Waals surface area contributed by atoms with Gasteiger partial charge in [0.1, 0.15) is 0 Å². The summed E-state index contributed by atoms with van der Waals surface area (Å²) >= 11 is 0. The van der Waals surface area contributed by atoms with Crippen LogP contribution < -0.4 is 10.0 Å². The van der Waals surface area contributed by atoms with Crippen LogP contribution in [0.1, 0.15) is 39.0 Å². The Morgan fingerprint density at radius 1 is 1.37 bits per heavy atom. The zero-order valence-electron chi connectivity index (χ0n) is 11.7. The van der Waals surface area contributed by atoms with E-state index in [1.165, 1.54) is 12.8 Å². The molecule has 0 aliphatic carbocycles. The molecule has 2 heterocycles. The van der Waals surface area contributed by atoms with E-state index in [-0.39, 0.29) is 11.8 Å². The maximum absolute atomic E-state index is 12.1. The number of nitrogens with one attached hydrogen (secondary N) is 2. The van der Waals surface area contributed by atoms with E-state index in [9.17, 15) is 8.42 Å². The molecule has 6 heteroatoms. The van der Waals surface area contributed by atoms with E-state index < -0.39 is 10.0 Å². The van der Waals surface area contributed by atoms with Crippen LogP contribution in [-0.4, -0.2) is 46.0 Å². The summed E-state index contributed by atoms with van der Waals surface area (Å²) in [7, 11) is -3.16. The van der Waals surface area contributed by atoms with Gasteiger partial charge in [0.2, 0.25) is 10.0 Å². The minimum absolute atomic E-state index is 0.0215. The first-order valence-corrected chi connectivity index (χ1v) is 9.03. The second-order valence-electron chi connectivity index (χ2n) is 5.78. The van der Waals surface area contributed by atoms with E-state index >= 15 is 0 Å². The average molecular weight is 290 g/mol. The van der Waals surface area contributed by atoms with Crippen molar-refractivity contribution in [1.82, 2.24) is 10.0 Å². The van der Waals surface area contributed by atoms with Crippen LogP contribution in [0.25, 0.3) is 0 Å². The van der Waals surface area contributed by atoms with E-state index in [1.807, 2.05) is 6.92 Å². The standard InChI is InChI=1S/C13H26N2O3S/c1-11(12-5-8-18-10-12)15-19(16,17)9-6-13-4-2-3-7-14-13/h11-15H,2-10H2,1H3. The zero-order valence-corrected chi connectivity index (χ0v) is 12.5. The molecule has 2 fully saturated rings. The predicted octanol–water partition coefficient (Wildman–Crippen LogP) is 0.863. The van der Waals surface area contributed by atoms with Crippen molar-refractivity contribution in [3.63, 3.8) is 0 Å². The van der Waals surface area contributed by atoms with Gasteiger partial charge in [-0.1, -0.05) is 6.42 Å². The molecule has 2 rings (SSSR count). The maximum atomic E-state index is 12.1. The normalized spacial score (nSPS) is 30.4. The molecule has 3 atom stereocenters. The third-order valence-electron chi connectivity index (χ3n) is 4.18. The van der Waals surface area contributed by atoms with Gasteiger partial charge in [-0.3, -0.25) is 0 Å². The van der Waals surface area contributed by atoms with Crippen molar-refractivity contribution in [2.75, 3.05) is 25.5 Å². The molecule has 0 saturated carbocycles. The van der Waals surface area contributed by atoms with Crippen LogP contribution in [0.15, 0.2) is 0 Å². The SMILES string of the molecule is CC(NS(=O)(=O)CCC1CCCCN1)C1CCOC1. The van der Waals surface area contributed by atoms with E-state index in [0.717, 1.165) is 26.0 Å². The number of sulfonamides is 1. The predicted molar refractivity (Wildman–Crippen MR) is 75.6 cm³/mol. The van der Waals surface area contributed by atoms with Gasteiger partial charge in [-0.25, -0.2) is 13.1 Å². The van der Waals surface area contributed by atoms with Crippen molar-refractivity contribution in [2.24, 2.45) is 5.92 Å². The van der Waals surface area contributed by atoms with Crippen molar-refractivity contribution in [1.29, 1.82) is 0 Å². The topological polar surface area (TPSA) is 67.4 Å². The summed E-state index contributed by atoms with van der Waals surface area (Å²) in [6, 6.07) is 0.349. The lowest BCUT2D eigenvalue weighted by Gasteiger charge is -2.24. The van der Waals surface area contributed by atoms with Crippen molar-refractivity contribution < 1.29 is 13.2 Å². The molecule has 112 valence electrons. The van der Waals surface area contributed by atoms with Crippen LogP contribution >= 0.6 is 0 Å². The Balaban J connectivity index is 1.74. The van der Waals surface area contributed by atoms with Gasteiger partial charge < -0.3 is 10.1 Å². The molecule has 19 heavy (non-hydrogen) atoms. The average Bonchev–Trinajstić information content (AvgIpc) is 2.91. The monoisotopic (exact) mass is 290 g/mol. The molecule has 5 nitrogen and oxygen atoms in total. The third-order valence-corrected chi connectivity index (χ3v) is 5.69. The quantitative estimate of drug-likeness (QED) is 0.761. The molecule has 0 bridgehead atoms. The van der Waals surface area contributed by atoms with Crippen LogP contribution in [0, 0.1) is 5.92 Å². The molecule has 2 aliphatic rings. The van der Waals surface area contributed by atoms with E-state index in [4.69, 9.17) is 4.74 Å². The lowest BCUT2D eigenvalue weighted by Crippen LogP contribution is -2.41. The van der Waals surface area contributed by atoms with Gasteiger partial charge in [0, 0.05) is 24.6 Å². The summed E-state index contributed by atoms with van der Waals surface area (Å²) in [5.41, 5.74) is 0. The molecule has 2 N–H and O–H groups in total. The van der Waals surface area contributed by atoms with Gasteiger partial charge in [-0.2, -0.15) is 0 Å². The second kappa shape index (κ2) is 7.02. The van der Waals surface area contributed by atoms with Gasteiger partial charge in [0.25, 0.3) is 0 Å². The highest BCUT2D eigenvalue weighted by molar-refractivity contribution is 7.89. The van der Waals surface area contributed by atoms with Crippen LogP contribution in [0.2, 0.25) is 0 Å². The Kier molecular flexibility index (Phi) is 5.62. The molecule has 0 aromatic carbocycles. The maximum Gasteiger partial charge on any atom is 0.211 e. The van der Waals surface area contributed by atoms with Gasteiger partial charge in [0.15, 0.2) is 0 Å². The number of rotatable bonds is 6. The summed E-state index contributed by atoms with van der Waals surface area (Å²) < 4.78 is 32.2. The molecule has 0 spiro atoms. The molecule has 0 amide bonds. The van der Waals surface area contributed by atoms with Crippen LogP contribution in [0.3, 0.4) is 0 Å². The van der Waals surface area contributed by atoms with Gasteiger partial charge in [-0.05, 0) is 39.2 Å². The van der Waals surface area contributed by atoms with Crippen molar-refractivity contribution in [3.05, 3.63) is 0 Å².